The summed E-state index contributed by atoms with van der Waals surface area (Å²) >= 11 is 0. The molecular weight excluding hydrogens is 543 g/mol. The van der Waals surface area contributed by atoms with E-state index in [0.717, 1.165) is 17.1 Å². The standard InChI is InChI=1S/C23H16N4O.Pt/c1-3-9-19(27-16-8-14-24-18-27)17-20(10-4-1)28-23-13-7-12-22(26-23)21-11-5-2-6-15-25-21;/h1-16H;/q-2;/b3-1?,4-1-,9-3-,10-4?,19-9?,20-10+;. The summed E-state index contributed by atoms with van der Waals surface area (Å²) in [6, 6.07) is 7.42. The van der Waals surface area contributed by atoms with Gasteiger partial charge >= 0.3 is 0 Å². The molecule has 2 aromatic heterocycles. The molecular formula is C23H16N4OPt-2. The van der Waals surface area contributed by atoms with Gasteiger partial charge in [0.25, 0.3) is 6.33 Å². The van der Waals surface area contributed by atoms with Gasteiger partial charge in [0.15, 0.2) is 0 Å². The topological polar surface area (TPSA) is 53.0 Å². The molecule has 6 heteroatoms. The fourth-order valence-corrected chi connectivity index (χ4v) is 2.50. The summed E-state index contributed by atoms with van der Waals surface area (Å²) in [5.74, 6) is 0.985. The molecule has 5 nitrogen and oxygen atoms in total. The van der Waals surface area contributed by atoms with E-state index in [-0.39, 0.29) is 21.1 Å². The first-order chi connectivity index (χ1) is 13.9. The molecule has 0 amide bonds. The SMILES string of the molecule is [C-]1=C([n+]2[c-]nccc2)\C=C/C=C\C=C/1Oc1cccc(C2=CC=CC=C[N-]2)n1.[Pt]. The molecule has 0 spiro atoms. The maximum atomic E-state index is 5.99. The number of rotatable bonds is 4. The molecule has 0 saturated carbocycles. The zero-order chi connectivity index (χ0) is 19.0. The molecule has 1 aliphatic carbocycles. The third kappa shape index (κ3) is 5.59. The number of pyridine rings is 1. The Morgan fingerprint density at radius 2 is 1.86 bits per heavy atom. The van der Waals surface area contributed by atoms with Crippen molar-refractivity contribution in [3.63, 3.8) is 0 Å². The molecule has 2 aromatic rings. The van der Waals surface area contributed by atoms with Crippen molar-refractivity contribution in [1.82, 2.24) is 9.97 Å². The van der Waals surface area contributed by atoms with Crippen LogP contribution in [0.5, 0.6) is 5.88 Å². The van der Waals surface area contributed by atoms with Crippen molar-refractivity contribution < 1.29 is 30.4 Å². The van der Waals surface area contributed by atoms with E-state index in [9.17, 15) is 0 Å². The van der Waals surface area contributed by atoms with Crippen LogP contribution < -0.4 is 9.30 Å². The smallest absolute Gasteiger partial charge is 0.286 e. The minimum Gasteiger partial charge on any atom is -0.662 e. The summed E-state index contributed by atoms with van der Waals surface area (Å²) in [6.07, 6.45) is 28.5. The van der Waals surface area contributed by atoms with Crippen LogP contribution in [0, 0.1) is 12.4 Å². The van der Waals surface area contributed by atoms with Crippen molar-refractivity contribution in [2.75, 3.05) is 0 Å². The molecule has 0 fully saturated rings. The van der Waals surface area contributed by atoms with Crippen molar-refractivity contribution in [2.24, 2.45) is 0 Å². The van der Waals surface area contributed by atoms with Crippen molar-refractivity contribution in [2.45, 2.75) is 0 Å². The van der Waals surface area contributed by atoms with Gasteiger partial charge in [0.1, 0.15) is 0 Å². The molecule has 0 aromatic carbocycles. The van der Waals surface area contributed by atoms with Crippen LogP contribution in [0.3, 0.4) is 0 Å². The third-order valence-corrected chi connectivity index (χ3v) is 3.77. The van der Waals surface area contributed by atoms with Crippen molar-refractivity contribution in [1.29, 1.82) is 0 Å². The Morgan fingerprint density at radius 3 is 2.76 bits per heavy atom. The first-order valence-electron chi connectivity index (χ1n) is 8.72. The molecule has 3 heterocycles. The molecule has 4 rings (SSSR count). The summed E-state index contributed by atoms with van der Waals surface area (Å²) in [4.78, 5) is 8.59. The van der Waals surface area contributed by atoms with Crippen molar-refractivity contribution in [3.05, 3.63) is 127 Å². The number of allylic oxidation sites excluding steroid dienone is 11. The van der Waals surface area contributed by atoms with Crippen LogP contribution in [0.1, 0.15) is 5.69 Å². The Hall–Kier alpha value is -3.30. The van der Waals surface area contributed by atoms with E-state index in [2.05, 4.69) is 27.7 Å². The molecule has 146 valence electrons. The normalized spacial score (nSPS) is 20.8. The Labute approximate surface area is 184 Å². The minimum atomic E-state index is 0. The van der Waals surface area contributed by atoms with Crippen molar-refractivity contribution >= 4 is 11.4 Å². The first-order valence-corrected chi connectivity index (χ1v) is 8.72. The summed E-state index contributed by atoms with van der Waals surface area (Å²) in [6.45, 7) is 0. The number of ether oxygens (including phenoxy) is 1. The second kappa shape index (κ2) is 10.3. The van der Waals surface area contributed by atoms with Gasteiger partial charge in [-0.25, -0.2) is 4.98 Å². The summed E-state index contributed by atoms with van der Waals surface area (Å²) < 4.78 is 7.73. The maximum absolute atomic E-state index is 5.99. The fraction of sp³-hybridized carbons (Fsp3) is 0. The van der Waals surface area contributed by atoms with Gasteiger partial charge in [0.05, 0.1) is 11.9 Å². The van der Waals surface area contributed by atoms with Gasteiger partial charge in [-0.1, -0.05) is 48.2 Å². The van der Waals surface area contributed by atoms with Crippen LogP contribution in [-0.4, -0.2) is 9.97 Å². The van der Waals surface area contributed by atoms with Gasteiger partial charge in [0.2, 0.25) is 5.88 Å². The van der Waals surface area contributed by atoms with E-state index in [4.69, 9.17) is 4.74 Å². The van der Waals surface area contributed by atoms with E-state index < -0.39 is 0 Å². The molecule has 0 N–H and O–H groups in total. The molecule has 0 bridgehead atoms. The minimum absolute atomic E-state index is 0. The molecule has 0 unspecified atom stereocenters. The summed E-state index contributed by atoms with van der Waals surface area (Å²) in [7, 11) is 0. The van der Waals surface area contributed by atoms with E-state index in [0.29, 0.717) is 11.6 Å². The first kappa shape index (κ1) is 20.4. The Balaban J connectivity index is 0.00000240. The van der Waals surface area contributed by atoms with Crippen LogP contribution in [0.15, 0.2) is 103 Å². The average molecular weight is 559 g/mol. The Kier molecular flexibility index (Phi) is 7.26. The van der Waals surface area contributed by atoms with Gasteiger partial charge in [-0.15, -0.1) is 35.0 Å². The quantitative estimate of drug-likeness (QED) is 0.419. The summed E-state index contributed by atoms with van der Waals surface area (Å²) in [5.41, 5.74) is 2.25. The van der Waals surface area contributed by atoms with Crippen LogP contribution in [0.2, 0.25) is 0 Å². The molecule has 0 atom stereocenters. The molecule has 2 aliphatic rings. The number of hydrogen-bond donors (Lipinski definition) is 0. The van der Waals surface area contributed by atoms with E-state index in [1.165, 1.54) is 0 Å². The molecule has 1 aliphatic heterocycles. The van der Waals surface area contributed by atoms with E-state index in [1.807, 2.05) is 79.1 Å². The predicted octanol–water partition coefficient (Wildman–Crippen LogP) is 4.09. The average Bonchev–Trinajstić information content (AvgIpc) is 3.00. The van der Waals surface area contributed by atoms with Crippen LogP contribution in [-0.2, 0) is 21.1 Å². The second-order valence-corrected chi connectivity index (χ2v) is 5.75. The van der Waals surface area contributed by atoms with Gasteiger partial charge in [-0.3, -0.25) is 0 Å². The molecule has 0 saturated heterocycles. The molecule has 0 radical (unpaired) electrons. The monoisotopic (exact) mass is 559 g/mol. The number of aromatic nitrogens is 3. The maximum Gasteiger partial charge on any atom is 0.286 e. The molecule has 29 heavy (non-hydrogen) atoms. The van der Waals surface area contributed by atoms with Gasteiger partial charge in [0, 0.05) is 39.1 Å². The number of hydrogen-bond acceptors (Lipinski definition) is 3. The number of nitrogens with zero attached hydrogens (tertiary/aromatic N) is 4. The van der Waals surface area contributed by atoms with Gasteiger partial charge in [-0.05, 0) is 6.07 Å². The fourth-order valence-electron chi connectivity index (χ4n) is 2.50. The summed E-state index contributed by atoms with van der Waals surface area (Å²) in [5, 5.41) is 4.39. The Bertz CT molecular complexity index is 1060. The van der Waals surface area contributed by atoms with Crippen LogP contribution >= 0.6 is 0 Å². The van der Waals surface area contributed by atoms with Gasteiger partial charge in [-0.2, -0.15) is 12.3 Å². The van der Waals surface area contributed by atoms with Gasteiger partial charge < -0.3 is 14.6 Å². The zero-order valence-corrected chi connectivity index (χ0v) is 17.5. The van der Waals surface area contributed by atoms with E-state index in [1.54, 1.807) is 23.0 Å². The predicted molar refractivity (Wildman–Crippen MR) is 107 cm³/mol. The van der Waals surface area contributed by atoms with Crippen LogP contribution in [0.4, 0.5) is 0 Å². The zero-order valence-electron chi connectivity index (χ0n) is 15.3. The van der Waals surface area contributed by atoms with Crippen LogP contribution in [0.25, 0.3) is 16.7 Å². The largest absolute Gasteiger partial charge is 0.662 e. The second-order valence-electron chi connectivity index (χ2n) is 5.75. The van der Waals surface area contributed by atoms with E-state index >= 15 is 0 Å². The third-order valence-electron chi connectivity index (χ3n) is 3.77. The van der Waals surface area contributed by atoms with Crippen molar-refractivity contribution in [3.8, 4) is 5.88 Å². The Morgan fingerprint density at radius 1 is 0.966 bits per heavy atom.